The van der Waals surface area contributed by atoms with Gasteiger partial charge in [0, 0.05) is 20.1 Å². The summed E-state index contributed by atoms with van der Waals surface area (Å²) in [6, 6.07) is 6.03. The summed E-state index contributed by atoms with van der Waals surface area (Å²) in [4.78, 5) is 66.8. The molecule has 2 aliphatic rings. The van der Waals surface area contributed by atoms with Crippen molar-refractivity contribution in [1.29, 1.82) is 0 Å². The summed E-state index contributed by atoms with van der Waals surface area (Å²) in [7, 11) is 2.96. The van der Waals surface area contributed by atoms with Gasteiger partial charge >= 0.3 is 12.0 Å². The van der Waals surface area contributed by atoms with Gasteiger partial charge < -0.3 is 24.6 Å². The molecule has 0 radical (unpaired) electrons. The standard InChI is InChI=1S/C24H32N4O7/c1-5-35-21(31)16-7-6-12-27(13-16)20(30)14-26(3)19(29)15-28-22(32)24(2,25-23(28)33)17-8-10-18(34-4)11-9-17/h8-11,16H,5-7,12-15H2,1-4H3,(H,25,33). The Morgan fingerprint density at radius 2 is 1.89 bits per heavy atom. The minimum Gasteiger partial charge on any atom is -0.497 e. The van der Waals surface area contributed by atoms with Gasteiger partial charge in [0.25, 0.3) is 5.91 Å². The molecule has 2 fully saturated rings. The molecule has 3 rings (SSSR count). The molecule has 2 saturated heterocycles. The van der Waals surface area contributed by atoms with Crippen LogP contribution in [-0.2, 0) is 29.5 Å². The van der Waals surface area contributed by atoms with Crippen molar-refractivity contribution in [3.8, 4) is 5.75 Å². The van der Waals surface area contributed by atoms with Crippen LogP contribution in [0.4, 0.5) is 4.79 Å². The zero-order chi connectivity index (χ0) is 25.8. The highest BCUT2D eigenvalue weighted by Gasteiger charge is 2.49. The van der Waals surface area contributed by atoms with Gasteiger partial charge in [-0.1, -0.05) is 12.1 Å². The molecule has 1 aromatic rings. The molecule has 190 valence electrons. The third-order valence-corrected chi connectivity index (χ3v) is 6.43. The van der Waals surface area contributed by atoms with Gasteiger partial charge in [0.05, 0.1) is 26.2 Å². The molecule has 0 spiro atoms. The van der Waals surface area contributed by atoms with Crippen molar-refractivity contribution in [2.24, 2.45) is 5.92 Å². The van der Waals surface area contributed by atoms with Gasteiger partial charge in [0.1, 0.15) is 17.8 Å². The van der Waals surface area contributed by atoms with Crippen LogP contribution in [0.5, 0.6) is 5.75 Å². The number of likely N-dealkylation sites (N-methyl/N-ethyl adjacent to an activating group) is 1. The Labute approximate surface area is 204 Å². The maximum atomic E-state index is 13.1. The fourth-order valence-electron chi connectivity index (χ4n) is 4.26. The van der Waals surface area contributed by atoms with E-state index in [1.54, 1.807) is 43.0 Å². The number of imide groups is 1. The van der Waals surface area contributed by atoms with E-state index in [1.807, 2.05) is 0 Å². The lowest BCUT2D eigenvalue weighted by Crippen LogP contribution is -2.49. The molecular formula is C24H32N4O7. The fourth-order valence-corrected chi connectivity index (χ4v) is 4.26. The Hall–Kier alpha value is -3.63. The first kappa shape index (κ1) is 26.0. The van der Waals surface area contributed by atoms with Crippen molar-refractivity contribution in [3.05, 3.63) is 29.8 Å². The summed E-state index contributed by atoms with van der Waals surface area (Å²) in [6.45, 7) is 3.59. The van der Waals surface area contributed by atoms with Crippen molar-refractivity contribution in [3.63, 3.8) is 0 Å². The number of likely N-dealkylation sites (tertiary alicyclic amines) is 1. The van der Waals surface area contributed by atoms with Crippen LogP contribution in [0, 0.1) is 5.92 Å². The van der Waals surface area contributed by atoms with E-state index in [4.69, 9.17) is 9.47 Å². The number of carbonyl (C=O) groups excluding carboxylic acids is 5. The van der Waals surface area contributed by atoms with Crippen molar-refractivity contribution in [2.45, 2.75) is 32.2 Å². The van der Waals surface area contributed by atoms with Crippen LogP contribution < -0.4 is 10.1 Å². The molecule has 2 heterocycles. The average Bonchev–Trinajstić information content (AvgIpc) is 3.07. The van der Waals surface area contributed by atoms with Crippen molar-refractivity contribution in [1.82, 2.24) is 20.0 Å². The van der Waals surface area contributed by atoms with Crippen molar-refractivity contribution in [2.75, 3.05) is 46.9 Å². The largest absolute Gasteiger partial charge is 0.497 e. The summed E-state index contributed by atoms with van der Waals surface area (Å²) in [5.74, 6) is -1.53. The number of nitrogens with zero attached hydrogens (tertiary/aromatic N) is 3. The molecule has 0 aliphatic carbocycles. The highest BCUT2D eigenvalue weighted by molar-refractivity contribution is 6.09. The van der Waals surface area contributed by atoms with E-state index >= 15 is 0 Å². The Balaban J connectivity index is 1.59. The Bertz CT molecular complexity index is 996. The van der Waals surface area contributed by atoms with E-state index in [0.717, 1.165) is 4.90 Å². The number of nitrogens with one attached hydrogen (secondary N) is 1. The maximum Gasteiger partial charge on any atom is 0.325 e. The number of urea groups is 1. The Morgan fingerprint density at radius 3 is 2.51 bits per heavy atom. The second-order valence-corrected chi connectivity index (χ2v) is 8.86. The van der Waals surface area contributed by atoms with E-state index in [-0.39, 0.29) is 37.5 Å². The molecule has 11 nitrogen and oxygen atoms in total. The number of amides is 5. The SMILES string of the molecule is CCOC(=O)C1CCCN(C(=O)CN(C)C(=O)CN2C(=O)NC(C)(c3ccc(OC)cc3)C2=O)C1. The van der Waals surface area contributed by atoms with Crippen molar-refractivity contribution >= 4 is 29.7 Å². The molecule has 1 N–H and O–H groups in total. The number of esters is 1. The van der Waals surface area contributed by atoms with E-state index < -0.39 is 29.9 Å². The molecular weight excluding hydrogens is 456 g/mol. The van der Waals surface area contributed by atoms with Gasteiger partial charge in [0.15, 0.2) is 0 Å². The van der Waals surface area contributed by atoms with Crippen LogP contribution in [0.2, 0.25) is 0 Å². The number of piperidine rings is 1. The summed E-state index contributed by atoms with van der Waals surface area (Å²) in [6.07, 6.45) is 1.32. The minimum atomic E-state index is -1.33. The average molecular weight is 489 g/mol. The molecule has 0 bridgehead atoms. The molecule has 0 saturated carbocycles. The lowest BCUT2D eigenvalue weighted by Gasteiger charge is -2.32. The molecule has 2 unspecified atom stereocenters. The second-order valence-electron chi connectivity index (χ2n) is 8.86. The lowest BCUT2D eigenvalue weighted by atomic mass is 9.92. The first-order chi connectivity index (χ1) is 16.6. The third kappa shape index (κ3) is 5.55. The van der Waals surface area contributed by atoms with Gasteiger partial charge in [0.2, 0.25) is 11.8 Å². The molecule has 2 aliphatic heterocycles. The maximum absolute atomic E-state index is 13.1. The quantitative estimate of drug-likeness (QED) is 0.422. The zero-order valence-corrected chi connectivity index (χ0v) is 20.5. The summed E-state index contributed by atoms with van der Waals surface area (Å²) < 4.78 is 10.2. The number of hydrogen-bond donors (Lipinski definition) is 1. The number of carbonyl (C=O) groups is 5. The second kappa shape index (κ2) is 10.7. The Kier molecular flexibility index (Phi) is 7.98. The first-order valence-corrected chi connectivity index (χ1v) is 11.6. The number of hydrogen-bond acceptors (Lipinski definition) is 7. The Morgan fingerprint density at radius 1 is 1.20 bits per heavy atom. The normalized spacial score (nSPS) is 22.0. The predicted octanol–water partition coefficient (Wildman–Crippen LogP) is 0.722. The predicted molar refractivity (Wildman–Crippen MR) is 124 cm³/mol. The van der Waals surface area contributed by atoms with E-state index in [2.05, 4.69) is 5.32 Å². The molecule has 5 amide bonds. The van der Waals surface area contributed by atoms with E-state index in [1.165, 1.54) is 19.1 Å². The van der Waals surface area contributed by atoms with Crippen LogP contribution in [0.15, 0.2) is 24.3 Å². The topological polar surface area (TPSA) is 126 Å². The van der Waals surface area contributed by atoms with Crippen LogP contribution in [-0.4, -0.2) is 91.4 Å². The van der Waals surface area contributed by atoms with Crippen LogP contribution >= 0.6 is 0 Å². The summed E-state index contributed by atoms with van der Waals surface area (Å²) in [5.41, 5.74) is -0.773. The molecule has 11 heteroatoms. The number of benzene rings is 1. The van der Waals surface area contributed by atoms with Crippen molar-refractivity contribution < 1.29 is 33.4 Å². The lowest BCUT2D eigenvalue weighted by molar-refractivity contribution is -0.152. The molecule has 1 aromatic carbocycles. The van der Waals surface area contributed by atoms with Gasteiger partial charge in [-0.25, -0.2) is 4.79 Å². The monoisotopic (exact) mass is 488 g/mol. The van der Waals surface area contributed by atoms with Gasteiger partial charge in [-0.05, 0) is 44.4 Å². The molecule has 2 atom stereocenters. The van der Waals surface area contributed by atoms with Crippen LogP contribution in [0.1, 0.15) is 32.3 Å². The summed E-state index contributed by atoms with van der Waals surface area (Å²) >= 11 is 0. The van der Waals surface area contributed by atoms with Gasteiger partial charge in [-0.2, -0.15) is 0 Å². The zero-order valence-electron chi connectivity index (χ0n) is 20.5. The third-order valence-electron chi connectivity index (χ3n) is 6.43. The highest BCUT2D eigenvalue weighted by atomic mass is 16.5. The van der Waals surface area contributed by atoms with E-state index in [9.17, 15) is 24.0 Å². The summed E-state index contributed by atoms with van der Waals surface area (Å²) in [5, 5.41) is 2.65. The number of ether oxygens (including phenoxy) is 2. The smallest absolute Gasteiger partial charge is 0.325 e. The van der Waals surface area contributed by atoms with Crippen LogP contribution in [0.3, 0.4) is 0 Å². The fraction of sp³-hybridized carbons (Fsp3) is 0.542. The first-order valence-electron chi connectivity index (χ1n) is 11.6. The molecule has 0 aromatic heterocycles. The van der Waals surface area contributed by atoms with E-state index in [0.29, 0.717) is 30.7 Å². The number of rotatable bonds is 8. The minimum absolute atomic E-state index is 0.228. The van der Waals surface area contributed by atoms with Gasteiger partial charge in [-0.3, -0.25) is 24.1 Å². The molecule has 35 heavy (non-hydrogen) atoms. The highest BCUT2D eigenvalue weighted by Crippen LogP contribution is 2.30. The van der Waals surface area contributed by atoms with Gasteiger partial charge in [-0.15, -0.1) is 0 Å². The van der Waals surface area contributed by atoms with Crippen LogP contribution in [0.25, 0.3) is 0 Å². The number of methoxy groups -OCH3 is 1.